The van der Waals surface area contributed by atoms with Crippen LogP contribution in [0, 0.1) is 17.8 Å². The lowest BCUT2D eigenvalue weighted by atomic mass is 9.68. The maximum absolute atomic E-state index is 14.2. The minimum Gasteiger partial charge on any atom is -0.508 e. The first-order valence-electron chi connectivity index (χ1n) is 18.2. The van der Waals surface area contributed by atoms with Crippen molar-refractivity contribution in [1.29, 1.82) is 0 Å². The second kappa shape index (κ2) is 16.0. The average molecular weight is 750 g/mol. The molecule has 7 nitrogen and oxygen atoms in total. The highest BCUT2D eigenvalue weighted by Gasteiger charge is 2.56. The third-order valence-corrected chi connectivity index (χ3v) is 16.1. The summed E-state index contributed by atoms with van der Waals surface area (Å²) in [5.74, 6) is -2.88. The maximum atomic E-state index is 14.2. The Morgan fingerprint density at radius 3 is 2.06 bits per heavy atom. The van der Waals surface area contributed by atoms with E-state index in [1.807, 2.05) is 55.5 Å². The van der Waals surface area contributed by atoms with Gasteiger partial charge in [0.05, 0.1) is 41.9 Å². The first-order valence-corrected chi connectivity index (χ1v) is 20.5. The fraction of sp³-hybridized carbons (Fsp3) is 0.318. The lowest BCUT2D eigenvalue weighted by Gasteiger charge is -2.44. The molecule has 1 heterocycles. The Hall–Kier alpha value is -4.31. The van der Waals surface area contributed by atoms with Crippen molar-refractivity contribution < 1.29 is 29.3 Å². The first-order chi connectivity index (χ1) is 25.4. The molecule has 2 amide bonds. The van der Waals surface area contributed by atoms with Crippen LogP contribution < -0.4 is 15.3 Å². The van der Waals surface area contributed by atoms with Crippen LogP contribution in [0.4, 0.5) is 5.69 Å². The fourth-order valence-electron chi connectivity index (χ4n) is 8.37. The molecule has 2 aliphatic rings. The van der Waals surface area contributed by atoms with E-state index in [9.17, 15) is 24.9 Å². The van der Waals surface area contributed by atoms with Crippen LogP contribution in [-0.4, -0.2) is 54.8 Å². The van der Waals surface area contributed by atoms with E-state index in [-0.39, 0.29) is 35.6 Å². The average Bonchev–Trinajstić information content (AvgIpc) is 3.40. The molecular formula is C44H48ClNO6Si. The van der Waals surface area contributed by atoms with E-state index in [2.05, 4.69) is 45.0 Å². The highest BCUT2D eigenvalue weighted by molar-refractivity contribution is 6.99. The van der Waals surface area contributed by atoms with Crippen LogP contribution in [0.2, 0.25) is 10.1 Å². The van der Waals surface area contributed by atoms with Crippen molar-refractivity contribution in [2.75, 3.05) is 18.1 Å². The SMILES string of the molecule is C/C(=C\c1ccc(O)cc1Cl)CC[C@@H](O)C1=C(CO[Si](c2ccccc2)(c2ccccc2)C(C)(C)C)C[C@H]2C(=O)N(c3ccccc3)C(=O)[C@H]2[C@H]1CO. The van der Waals surface area contributed by atoms with Crippen LogP contribution in [0.5, 0.6) is 5.75 Å². The molecule has 3 N–H and O–H groups in total. The molecule has 0 spiro atoms. The van der Waals surface area contributed by atoms with Crippen LogP contribution in [0.25, 0.3) is 6.08 Å². The van der Waals surface area contributed by atoms with Gasteiger partial charge in [0.1, 0.15) is 5.75 Å². The molecule has 1 saturated heterocycles. The van der Waals surface area contributed by atoms with Gasteiger partial charge in [0.2, 0.25) is 11.8 Å². The van der Waals surface area contributed by atoms with Crippen LogP contribution in [0.15, 0.2) is 126 Å². The van der Waals surface area contributed by atoms with E-state index in [0.717, 1.165) is 27.1 Å². The van der Waals surface area contributed by atoms with Gasteiger partial charge in [-0.3, -0.25) is 14.5 Å². The number of aliphatic hydroxyl groups is 2. The number of benzene rings is 4. The summed E-state index contributed by atoms with van der Waals surface area (Å²) < 4.78 is 7.36. The maximum Gasteiger partial charge on any atom is 0.261 e. The highest BCUT2D eigenvalue weighted by atomic mass is 35.5. The molecular weight excluding hydrogens is 702 g/mol. The van der Waals surface area contributed by atoms with Gasteiger partial charge in [-0.05, 0) is 88.6 Å². The van der Waals surface area contributed by atoms with E-state index in [0.29, 0.717) is 29.1 Å². The van der Waals surface area contributed by atoms with Crippen LogP contribution in [0.1, 0.15) is 52.5 Å². The fourth-order valence-corrected chi connectivity index (χ4v) is 13.1. The zero-order valence-electron chi connectivity index (χ0n) is 30.7. The lowest BCUT2D eigenvalue weighted by molar-refractivity contribution is -0.123. The molecule has 276 valence electrons. The molecule has 4 aromatic carbocycles. The number of hydrogen-bond acceptors (Lipinski definition) is 6. The van der Waals surface area contributed by atoms with E-state index >= 15 is 0 Å². The quantitative estimate of drug-likeness (QED) is 0.0799. The van der Waals surface area contributed by atoms with Crippen molar-refractivity contribution in [3.63, 3.8) is 0 Å². The molecule has 0 radical (unpaired) electrons. The van der Waals surface area contributed by atoms with Gasteiger partial charge in [-0.2, -0.15) is 0 Å². The highest BCUT2D eigenvalue weighted by Crippen LogP contribution is 2.48. The van der Waals surface area contributed by atoms with Gasteiger partial charge >= 0.3 is 0 Å². The number of rotatable bonds is 12. The minimum atomic E-state index is -3.03. The van der Waals surface area contributed by atoms with Gasteiger partial charge in [0.25, 0.3) is 8.32 Å². The van der Waals surface area contributed by atoms with Crippen LogP contribution in [-0.2, 0) is 14.0 Å². The summed E-state index contributed by atoms with van der Waals surface area (Å²) in [6.07, 6.45) is 1.96. The van der Waals surface area contributed by atoms with Crippen molar-refractivity contribution in [3.8, 4) is 5.75 Å². The summed E-state index contributed by atoms with van der Waals surface area (Å²) in [5, 5.41) is 35.3. The largest absolute Gasteiger partial charge is 0.508 e. The summed E-state index contributed by atoms with van der Waals surface area (Å²) in [4.78, 5) is 29.6. The number of carbonyl (C=O) groups is 2. The number of carbonyl (C=O) groups excluding carboxylic acids is 2. The third-order valence-electron chi connectivity index (χ3n) is 10.8. The number of para-hydroxylation sites is 1. The summed E-state index contributed by atoms with van der Waals surface area (Å²) >= 11 is 6.38. The van der Waals surface area contributed by atoms with Gasteiger partial charge in [0, 0.05) is 5.92 Å². The number of phenolic OH excluding ortho intramolecular Hbond substituents is 1. The Morgan fingerprint density at radius 2 is 1.51 bits per heavy atom. The summed E-state index contributed by atoms with van der Waals surface area (Å²) in [5.41, 5.74) is 3.54. The topological polar surface area (TPSA) is 107 Å². The van der Waals surface area contributed by atoms with Gasteiger partial charge in [-0.25, -0.2) is 0 Å². The molecule has 1 aliphatic heterocycles. The van der Waals surface area contributed by atoms with Crippen LogP contribution >= 0.6 is 11.6 Å². The van der Waals surface area contributed by atoms with Gasteiger partial charge in [-0.1, -0.05) is 123 Å². The smallest absolute Gasteiger partial charge is 0.261 e. The molecule has 4 aromatic rings. The molecule has 0 unspecified atom stereocenters. The first kappa shape index (κ1) is 38.4. The minimum absolute atomic E-state index is 0.0800. The number of allylic oxidation sites excluding steroid dienone is 1. The Bertz CT molecular complexity index is 1950. The third kappa shape index (κ3) is 7.57. The number of aromatic hydroxyl groups is 1. The van der Waals surface area contributed by atoms with Gasteiger partial charge in [-0.15, -0.1) is 0 Å². The Labute approximate surface area is 318 Å². The molecule has 6 rings (SSSR count). The second-order valence-corrected chi connectivity index (χ2v) is 19.9. The number of fused-ring (bicyclic) bond motifs is 1. The molecule has 0 aromatic heterocycles. The number of nitrogens with zero attached hydrogens (tertiary/aromatic N) is 1. The monoisotopic (exact) mass is 749 g/mol. The van der Waals surface area contributed by atoms with Crippen molar-refractivity contribution in [2.24, 2.45) is 17.8 Å². The summed E-state index contributed by atoms with van der Waals surface area (Å²) in [6, 6.07) is 34.3. The molecule has 0 saturated carbocycles. The Kier molecular flexibility index (Phi) is 11.6. The lowest BCUT2D eigenvalue weighted by Crippen LogP contribution is -2.66. The number of hydrogen-bond donors (Lipinski definition) is 3. The van der Waals surface area contributed by atoms with E-state index in [1.54, 1.807) is 36.4 Å². The van der Waals surface area contributed by atoms with Gasteiger partial charge in [0.15, 0.2) is 0 Å². The van der Waals surface area contributed by atoms with E-state index in [4.69, 9.17) is 16.0 Å². The molecule has 53 heavy (non-hydrogen) atoms. The molecule has 0 bridgehead atoms. The van der Waals surface area contributed by atoms with Crippen LogP contribution in [0.3, 0.4) is 0 Å². The Balaban J connectivity index is 1.41. The van der Waals surface area contributed by atoms with Crippen molar-refractivity contribution in [3.05, 3.63) is 137 Å². The predicted octanol–water partition coefficient (Wildman–Crippen LogP) is 7.28. The standard InChI is InChI=1S/C44H48ClNO6Si/c1-29(24-30-21-22-33(48)26-38(30)45)20-23-39(49)40-31(25-36-41(37(40)27-47)43(51)46(42(36)50)32-14-8-5-9-15-32)28-52-53(44(2,3)4,34-16-10-6-11-17-34)35-18-12-7-13-19-35/h5-19,21-22,24,26,36-37,39,41,47-49H,20,23,25,27-28H2,1-4H3/b29-24+/t36-,37+,39-,41-/m1/s1. The van der Waals surface area contributed by atoms with Gasteiger partial charge < -0.3 is 19.7 Å². The van der Waals surface area contributed by atoms with Crippen molar-refractivity contribution >= 4 is 53.9 Å². The molecule has 1 aliphatic carbocycles. The molecule has 9 heteroatoms. The second-order valence-electron chi connectivity index (χ2n) is 15.2. The number of halogens is 1. The number of amides is 2. The van der Waals surface area contributed by atoms with Crippen molar-refractivity contribution in [1.82, 2.24) is 0 Å². The van der Waals surface area contributed by atoms with E-state index < -0.39 is 38.8 Å². The number of aliphatic hydroxyl groups excluding tert-OH is 2. The summed E-state index contributed by atoms with van der Waals surface area (Å²) in [6.45, 7) is 8.27. The Morgan fingerprint density at radius 1 is 0.925 bits per heavy atom. The zero-order valence-corrected chi connectivity index (χ0v) is 32.5. The predicted molar refractivity (Wildman–Crippen MR) is 214 cm³/mol. The zero-order chi connectivity index (χ0) is 37.9. The number of phenols is 1. The number of anilines is 1. The molecule has 4 atom stereocenters. The van der Waals surface area contributed by atoms with Crippen molar-refractivity contribution in [2.45, 2.75) is 58.1 Å². The van der Waals surface area contributed by atoms with E-state index in [1.165, 1.54) is 11.0 Å². The normalized spacial score (nSPS) is 20.2. The number of imide groups is 1. The molecule has 1 fully saturated rings. The summed E-state index contributed by atoms with van der Waals surface area (Å²) in [7, 11) is -3.03.